The van der Waals surface area contributed by atoms with Gasteiger partial charge in [0, 0.05) is 5.69 Å². The van der Waals surface area contributed by atoms with E-state index in [1.165, 1.54) is 26.0 Å². The molecule has 140 valence electrons. The van der Waals surface area contributed by atoms with Gasteiger partial charge in [0.25, 0.3) is 5.91 Å². The molecule has 0 aromatic heterocycles. The van der Waals surface area contributed by atoms with E-state index in [0.29, 0.717) is 11.3 Å². The van der Waals surface area contributed by atoms with Crippen LogP contribution < -0.4 is 10.1 Å². The molecular formula is C19H16ClFN2O4. The molecular weight excluding hydrogens is 375 g/mol. The maximum Gasteiger partial charge on any atom is 0.347 e. The zero-order chi connectivity index (χ0) is 20.0. The molecule has 1 amide bonds. The average molecular weight is 391 g/mol. The molecule has 0 bridgehead atoms. The molecule has 0 heterocycles. The SMILES string of the molecule is C[C@@H](OC(=O)[C@@H](C)Oc1ccc(C#N)cc1)C(=O)Nc1ccc(F)c(Cl)c1. The highest BCUT2D eigenvalue weighted by atomic mass is 35.5. The smallest absolute Gasteiger partial charge is 0.347 e. The van der Waals surface area contributed by atoms with Crippen molar-refractivity contribution in [1.82, 2.24) is 0 Å². The monoisotopic (exact) mass is 390 g/mol. The van der Waals surface area contributed by atoms with E-state index in [0.717, 1.165) is 6.07 Å². The van der Waals surface area contributed by atoms with Gasteiger partial charge in [-0.3, -0.25) is 4.79 Å². The Balaban J connectivity index is 1.89. The maximum absolute atomic E-state index is 13.1. The molecule has 0 saturated heterocycles. The summed E-state index contributed by atoms with van der Waals surface area (Å²) >= 11 is 5.65. The van der Waals surface area contributed by atoms with Crippen molar-refractivity contribution in [3.8, 4) is 11.8 Å². The molecule has 2 aromatic carbocycles. The number of rotatable bonds is 6. The van der Waals surface area contributed by atoms with E-state index >= 15 is 0 Å². The normalized spacial score (nSPS) is 12.4. The lowest BCUT2D eigenvalue weighted by molar-refractivity contribution is -0.159. The first-order valence-electron chi connectivity index (χ1n) is 7.93. The third-order valence-corrected chi connectivity index (χ3v) is 3.77. The van der Waals surface area contributed by atoms with E-state index in [9.17, 15) is 14.0 Å². The first-order valence-corrected chi connectivity index (χ1v) is 8.31. The van der Waals surface area contributed by atoms with E-state index in [1.807, 2.05) is 6.07 Å². The molecule has 0 aliphatic heterocycles. The van der Waals surface area contributed by atoms with Gasteiger partial charge < -0.3 is 14.8 Å². The van der Waals surface area contributed by atoms with Crippen LogP contribution in [0.15, 0.2) is 42.5 Å². The molecule has 0 unspecified atom stereocenters. The van der Waals surface area contributed by atoms with E-state index in [2.05, 4.69) is 5.32 Å². The summed E-state index contributed by atoms with van der Waals surface area (Å²) in [6.07, 6.45) is -2.07. The fourth-order valence-electron chi connectivity index (χ4n) is 2.00. The number of anilines is 1. The molecule has 0 aliphatic carbocycles. The van der Waals surface area contributed by atoms with Crippen LogP contribution in [0.3, 0.4) is 0 Å². The summed E-state index contributed by atoms with van der Waals surface area (Å²) in [4.78, 5) is 24.2. The van der Waals surface area contributed by atoms with Crippen molar-refractivity contribution in [2.45, 2.75) is 26.1 Å². The molecule has 6 nitrogen and oxygen atoms in total. The third kappa shape index (κ3) is 5.69. The molecule has 0 aliphatic rings. The van der Waals surface area contributed by atoms with Gasteiger partial charge in [-0.25, -0.2) is 9.18 Å². The van der Waals surface area contributed by atoms with Gasteiger partial charge in [0.2, 0.25) is 0 Å². The maximum atomic E-state index is 13.1. The third-order valence-electron chi connectivity index (χ3n) is 3.48. The topological polar surface area (TPSA) is 88.4 Å². The molecule has 2 aromatic rings. The Morgan fingerprint density at radius 1 is 1.15 bits per heavy atom. The van der Waals surface area contributed by atoms with Crippen LogP contribution >= 0.6 is 11.6 Å². The Hall–Kier alpha value is -3.11. The Morgan fingerprint density at radius 2 is 1.81 bits per heavy atom. The lowest BCUT2D eigenvalue weighted by Crippen LogP contribution is -2.35. The molecule has 2 rings (SSSR count). The van der Waals surface area contributed by atoms with Crippen molar-refractivity contribution in [3.05, 3.63) is 58.9 Å². The summed E-state index contributed by atoms with van der Waals surface area (Å²) in [5.74, 6) is -1.56. The van der Waals surface area contributed by atoms with Gasteiger partial charge in [0.05, 0.1) is 16.7 Å². The molecule has 2 atom stereocenters. The summed E-state index contributed by atoms with van der Waals surface area (Å²) in [6.45, 7) is 2.87. The molecule has 0 fully saturated rings. The van der Waals surface area contributed by atoms with E-state index in [1.54, 1.807) is 24.3 Å². The number of carbonyl (C=O) groups is 2. The Morgan fingerprint density at radius 3 is 2.41 bits per heavy atom. The average Bonchev–Trinajstić information content (AvgIpc) is 2.65. The van der Waals surface area contributed by atoms with Crippen molar-refractivity contribution in [3.63, 3.8) is 0 Å². The Labute approximate surface area is 160 Å². The van der Waals surface area contributed by atoms with Crippen LogP contribution in [0.2, 0.25) is 5.02 Å². The van der Waals surface area contributed by atoms with Crippen molar-refractivity contribution >= 4 is 29.2 Å². The minimum absolute atomic E-state index is 0.137. The van der Waals surface area contributed by atoms with Crippen LogP contribution in [0.5, 0.6) is 5.75 Å². The lowest BCUT2D eigenvalue weighted by atomic mass is 10.2. The first kappa shape index (κ1) is 20.2. The number of hydrogen-bond acceptors (Lipinski definition) is 5. The minimum atomic E-state index is -1.10. The number of ether oxygens (including phenoxy) is 2. The summed E-state index contributed by atoms with van der Waals surface area (Å²) in [6, 6.07) is 11.9. The highest BCUT2D eigenvalue weighted by Crippen LogP contribution is 2.20. The highest BCUT2D eigenvalue weighted by molar-refractivity contribution is 6.31. The van der Waals surface area contributed by atoms with Gasteiger partial charge >= 0.3 is 5.97 Å². The van der Waals surface area contributed by atoms with Crippen LogP contribution in [0, 0.1) is 17.1 Å². The van der Waals surface area contributed by atoms with Gasteiger partial charge in [-0.05, 0) is 56.3 Å². The number of benzene rings is 2. The Kier molecular flexibility index (Phi) is 6.74. The van der Waals surface area contributed by atoms with Gasteiger partial charge in [-0.2, -0.15) is 5.26 Å². The fourth-order valence-corrected chi connectivity index (χ4v) is 2.18. The molecule has 27 heavy (non-hydrogen) atoms. The van der Waals surface area contributed by atoms with Gasteiger partial charge in [0.15, 0.2) is 12.2 Å². The summed E-state index contributed by atoms with van der Waals surface area (Å²) in [5.41, 5.74) is 0.736. The highest BCUT2D eigenvalue weighted by Gasteiger charge is 2.23. The van der Waals surface area contributed by atoms with Crippen LogP contribution in [-0.2, 0) is 14.3 Å². The number of esters is 1. The van der Waals surface area contributed by atoms with Crippen LogP contribution in [0.4, 0.5) is 10.1 Å². The zero-order valence-corrected chi connectivity index (χ0v) is 15.3. The zero-order valence-electron chi connectivity index (χ0n) is 14.5. The number of carbonyl (C=O) groups excluding carboxylic acids is 2. The molecule has 8 heteroatoms. The number of nitrogens with one attached hydrogen (secondary N) is 1. The van der Waals surface area contributed by atoms with Gasteiger partial charge in [-0.15, -0.1) is 0 Å². The van der Waals surface area contributed by atoms with Crippen molar-refractivity contribution in [2.75, 3.05) is 5.32 Å². The van der Waals surface area contributed by atoms with Crippen molar-refractivity contribution < 1.29 is 23.5 Å². The largest absolute Gasteiger partial charge is 0.479 e. The van der Waals surface area contributed by atoms with Gasteiger partial charge in [0.1, 0.15) is 11.6 Å². The molecule has 0 radical (unpaired) electrons. The predicted octanol–water partition coefficient (Wildman–Crippen LogP) is 3.69. The summed E-state index contributed by atoms with van der Waals surface area (Å²) in [7, 11) is 0. The molecule has 1 N–H and O–H groups in total. The van der Waals surface area contributed by atoms with Crippen LogP contribution in [0.1, 0.15) is 19.4 Å². The van der Waals surface area contributed by atoms with Crippen molar-refractivity contribution in [2.24, 2.45) is 0 Å². The predicted molar refractivity (Wildman–Crippen MR) is 96.8 cm³/mol. The minimum Gasteiger partial charge on any atom is -0.479 e. The summed E-state index contributed by atoms with van der Waals surface area (Å²) in [5, 5.41) is 11.1. The first-order chi connectivity index (χ1) is 12.8. The number of amides is 1. The van der Waals surface area contributed by atoms with E-state index in [-0.39, 0.29) is 10.7 Å². The van der Waals surface area contributed by atoms with Gasteiger partial charge in [-0.1, -0.05) is 11.6 Å². The van der Waals surface area contributed by atoms with E-state index in [4.69, 9.17) is 26.3 Å². The van der Waals surface area contributed by atoms with E-state index < -0.39 is 29.9 Å². The Bertz CT molecular complexity index is 880. The lowest BCUT2D eigenvalue weighted by Gasteiger charge is -2.18. The number of halogens is 2. The van der Waals surface area contributed by atoms with Crippen molar-refractivity contribution in [1.29, 1.82) is 5.26 Å². The second-order valence-electron chi connectivity index (χ2n) is 5.59. The fraction of sp³-hybridized carbons (Fsp3) is 0.211. The van der Waals surface area contributed by atoms with Crippen LogP contribution in [-0.4, -0.2) is 24.1 Å². The number of nitrogens with zero attached hydrogens (tertiary/aromatic N) is 1. The molecule has 0 saturated carbocycles. The standard InChI is InChI=1S/C19H16ClFN2O4/c1-11(18(24)23-14-5-8-17(21)16(20)9-14)27-19(25)12(2)26-15-6-3-13(10-22)4-7-15/h3-9,11-12H,1-2H3,(H,23,24)/t11-,12-/m1/s1. The quantitative estimate of drug-likeness (QED) is 0.760. The molecule has 0 spiro atoms. The second kappa shape index (κ2) is 9.01. The second-order valence-corrected chi connectivity index (χ2v) is 6.00. The number of hydrogen-bond donors (Lipinski definition) is 1. The number of nitriles is 1. The summed E-state index contributed by atoms with van der Waals surface area (Å²) < 4.78 is 23.6. The van der Waals surface area contributed by atoms with Crippen LogP contribution in [0.25, 0.3) is 0 Å².